The lowest BCUT2D eigenvalue weighted by atomic mass is 9.60. The van der Waals surface area contributed by atoms with Gasteiger partial charge in [0.05, 0.1) is 6.04 Å². The number of ether oxygens (including phenoxy) is 1. The van der Waals surface area contributed by atoms with E-state index in [4.69, 9.17) is 4.74 Å². The first-order valence-electron chi connectivity index (χ1n) is 8.88. The smallest absolute Gasteiger partial charge is 0.410 e. The number of aryl methyl sites for hydroxylation is 1. The summed E-state index contributed by atoms with van der Waals surface area (Å²) in [4.78, 5) is 14.5. The number of benzene rings is 1. The van der Waals surface area contributed by atoms with E-state index in [1.165, 1.54) is 5.56 Å². The van der Waals surface area contributed by atoms with Gasteiger partial charge >= 0.3 is 6.09 Å². The van der Waals surface area contributed by atoms with Crippen molar-refractivity contribution in [2.75, 3.05) is 6.54 Å². The van der Waals surface area contributed by atoms with E-state index >= 15 is 0 Å². The van der Waals surface area contributed by atoms with Gasteiger partial charge in [-0.2, -0.15) is 0 Å². The number of nitrogens with zero attached hydrogens (tertiary/aromatic N) is 1. The molecule has 0 N–H and O–H groups in total. The molecule has 3 rings (SSSR count). The molecule has 0 aromatic heterocycles. The van der Waals surface area contributed by atoms with Crippen molar-refractivity contribution in [2.45, 2.75) is 71.2 Å². The molecule has 1 aliphatic heterocycles. The molecule has 132 valence electrons. The number of carbonyl (C=O) groups is 1. The number of amides is 1. The van der Waals surface area contributed by atoms with Gasteiger partial charge in [0.1, 0.15) is 11.8 Å². The van der Waals surface area contributed by atoms with E-state index in [9.17, 15) is 9.18 Å². The van der Waals surface area contributed by atoms with Gasteiger partial charge in [-0.15, -0.1) is 0 Å². The molecule has 1 unspecified atom stereocenters. The van der Waals surface area contributed by atoms with E-state index in [1.807, 2.05) is 25.7 Å². The Bertz CT molecular complexity index is 599. The monoisotopic (exact) mass is 333 g/mol. The largest absolute Gasteiger partial charge is 0.444 e. The van der Waals surface area contributed by atoms with Crippen molar-refractivity contribution in [3.63, 3.8) is 0 Å². The number of carbonyl (C=O) groups excluding carboxylic acids is 1. The van der Waals surface area contributed by atoms with Crippen LogP contribution in [-0.4, -0.2) is 29.3 Å². The zero-order chi connectivity index (χ0) is 17.5. The second-order valence-electron chi connectivity index (χ2n) is 8.56. The molecule has 24 heavy (non-hydrogen) atoms. The van der Waals surface area contributed by atoms with Gasteiger partial charge in [-0.05, 0) is 64.4 Å². The van der Waals surface area contributed by atoms with Crippen LogP contribution in [0.15, 0.2) is 24.3 Å². The maximum atomic E-state index is 13.5. The first kappa shape index (κ1) is 17.2. The third-order valence-corrected chi connectivity index (χ3v) is 5.28. The van der Waals surface area contributed by atoms with Crippen molar-refractivity contribution >= 4 is 6.09 Å². The molecular weight excluding hydrogens is 305 g/mol. The maximum absolute atomic E-state index is 13.5. The highest BCUT2D eigenvalue weighted by Crippen LogP contribution is 2.55. The van der Waals surface area contributed by atoms with E-state index in [-0.39, 0.29) is 17.6 Å². The standard InChI is InChI=1S/C20H28FNO2/c1-14-5-7-15(8-6-14)17-13-20(11-16(21)12-20)9-10-22(17)18(23)24-19(2,3)4/h5-8,16-17H,9-13H2,1-4H3. The van der Waals surface area contributed by atoms with E-state index in [2.05, 4.69) is 31.2 Å². The van der Waals surface area contributed by atoms with Crippen LogP contribution in [-0.2, 0) is 4.74 Å². The summed E-state index contributed by atoms with van der Waals surface area (Å²) >= 11 is 0. The van der Waals surface area contributed by atoms with E-state index in [1.54, 1.807) is 0 Å². The number of piperidine rings is 1. The normalized spacial score (nSPS) is 30.1. The molecule has 1 atom stereocenters. The predicted molar refractivity (Wildman–Crippen MR) is 92.7 cm³/mol. The molecule has 2 fully saturated rings. The summed E-state index contributed by atoms with van der Waals surface area (Å²) in [5.41, 5.74) is 1.87. The van der Waals surface area contributed by atoms with E-state index in [0.717, 1.165) is 18.4 Å². The fourth-order valence-electron chi connectivity index (χ4n) is 4.01. The quantitative estimate of drug-likeness (QED) is 0.708. The zero-order valence-corrected chi connectivity index (χ0v) is 15.1. The van der Waals surface area contributed by atoms with Crippen molar-refractivity contribution in [1.29, 1.82) is 0 Å². The molecule has 1 aliphatic carbocycles. The van der Waals surface area contributed by atoms with Gasteiger partial charge in [-0.3, -0.25) is 0 Å². The number of rotatable bonds is 1. The Balaban J connectivity index is 1.84. The molecule has 0 radical (unpaired) electrons. The number of halogens is 1. The number of hydrogen-bond acceptors (Lipinski definition) is 2. The lowest BCUT2D eigenvalue weighted by Crippen LogP contribution is -2.51. The maximum Gasteiger partial charge on any atom is 0.410 e. The summed E-state index contributed by atoms with van der Waals surface area (Å²) in [7, 11) is 0. The Morgan fingerprint density at radius 1 is 1.21 bits per heavy atom. The van der Waals surface area contributed by atoms with Crippen LogP contribution in [0.4, 0.5) is 9.18 Å². The van der Waals surface area contributed by atoms with Gasteiger partial charge in [0.25, 0.3) is 0 Å². The van der Waals surface area contributed by atoms with E-state index in [0.29, 0.717) is 19.4 Å². The summed E-state index contributed by atoms with van der Waals surface area (Å²) in [5, 5.41) is 0. The highest BCUT2D eigenvalue weighted by atomic mass is 19.1. The Kier molecular flexibility index (Phi) is 4.35. The van der Waals surface area contributed by atoms with Gasteiger partial charge in [-0.1, -0.05) is 29.8 Å². The average molecular weight is 333 g/mol. The molecule has 1 aromatic rings. The molecule has 3 nitrogen and oxygen atoms in total. The first-order valence-corrected chi connectivity index (χ1v) is 8.88. The van der Waals surface area contributed by atoms with Gasteiger partial charge in [-0.25, -0.2) is 9.18 Å². The number of hydrogen-bond donors (Lipinski definition) is 0. The van der Waals surface area contributed by atoms with Crippen LogP contribution in [0.25, 0.3) is 0 Å². The molecule has 1 heterocycles. The Hall–Kier alpha value is -1.58. The minimum Gasteiger partial charge on any atom is -0.444 e. The number of alkyl halides is 1. The van der Waals surface area contributed by atoms with Crippen molar-refractivity contribution in [2.24, 2.45) is 5.41 Å². The van der Waals surface area contributed by atoms with Crippen molar-refractivity contribution < 1.29 is 13.9 Å². The summed E-state index contributed by atoms with van der Waals surface area (Å²) in [5.74, 6) is 0. The summed E-state index contributed by atoms with van der Waals surface area (Å²) in [6.07, 6.45) is 2.04. The van der Waals surface area contributed by atoms with Crippen LogP contribution in [0.2, 0.25) is 0 Å². The molecule has 1 saturated heterocycles. The average Bonchev–Trinajstić information content (AvgIpc) is 2.44. The van der Waals surface area contributed by atoms with Crippen molar-refractivity contribution in [1.82, 2.24) is 4.90 Å². The van der Waals surface area contributed by atoms with Gasteiger partial charge in [0.2, 0.25) is 0 Å². The predicted octanol–water partition coefficient (Wildman–Crippen LogP) is 5.19. The molecule has 1 saturated carbocycles. The van der Waals surface area contributed by atoms with Crippen LogP contribution in [0.3, 0.4) is 0 Å². The Labute approximate surface area is 144 Å². The van der Waals surface area contributed by atoms with Crippen molar-refractivity contribution in [3.05, 3.63) is 35.4 Å². The van der Waals surface area contributed by atoms with E-state index < -0.39 is 11.8 Å². The first-order chi connectivity index (χ1) is 11.2. The molecule has 2 aliphatic rings. The minimum absolute atomic E-state index is 0.0262. The number of likely N-dealkylation sites (tertiary alicyclic amines) is 1. The van der Waals surface area contributed by atoms with Crippen molar-refractivity contribution in [3.8, 4) is 0 Å². The van der Waals surface area contributed by atoms with Gasteiger partial charge in [0.15, 0.2) is 0 Å². The van der Waals surface area contributed by atoms with Gasteiger partial charge < -0.3 is 9.64 Å². The van der Waals surface area contributed by atoms with Gasteiger partial charge in [0, 0.05) is 6.54 Å². The molecule has 0 bridgehead atoms. The topological polar surface area (TPSA) is 29.5 Å². The van der Waals surface area contributed by atoms with Crippen LogP contribution in [0.1, 0.15) is 63.6 Å². The fraction of sp³-hybridized carbons (Fsp3) is 0.650. The second kappa shape index (κ2) is 6.05. The third-order valence-electron chi connectivity index (χ3n) is 5.28. The third kappa shape index (κ3) is 3.57. The molecule has 4 heteroatoms. The molecule has 1 amide bonds. The van der Waals surface area contributed by atoms with Crippen LogP contribution >= 0.6 is 0 Å². The highest BCUT2D eigenvalue weighted by Gasteiger charge is 2.50. The molecular formula is C20H28FNO2. The van der Waals surface area contributed by atoms with Crippen LogP contribution < -0.4 is 0 Å². The fourth-order valence-corrected chi connectivity index (χ4v) is 4.01. The molecule has 1 spiro atoms. The van der Waals surface area contributed by atoms with Crippen LogP contribution in [0, 0.1) is 12.3 Å². The summed E-state index contributed by atoms with van der Waals surface area (Å²) < 4.78 is 19.1. The summed E-state index contributed by atoms with van der Waals surface area (Å²) in [6, 6.07) is 8.29. The SMILES string of the molecule is Cc1ccc(C2CC3(CCN2C(=O)OC(C)(C)C)CC(F)C3)cc1. The lowest BCUT2D eigenvalue weighted by Gasteiger charge is -2.52. The highest BCUT2D eigenvalue weighted by molar-refractivity contribution is 5.69. The summed E-state index contributed by atoms with van der Waals surface area (Å²) in [6.45, 7) is 8.35. The van der Waals surface area contributed by atoms with Crippen LogP contribution in [0.5, 0.6) is 0 Å². The Morgan fingerprint density at radius 3 is 2.38 bits per heavy atom. The minimum atomic E-state index is -0.670. The second-order valence-corrected chi connectivity index (χ2v) is 8.56. The lowest BCUT2D eigenvalue weighted by molar-refractivity contribution is -0.0594. The Morgan fingerprint density at radius 2 is 1.83 bits per heavy atom. The molecule has 1 aromatic carbocycles. The zero-order valence-electron chi connectivity index (χ0n) is 15.1.